The van der Waals surface area contributed by atoms with Gasteiger partial charge in [-0.05, 0) is 30.4 Å². The minimum absolute atomic E-state index is 1.10. The quantitative estimate of drug-likeness (QED) is 0.618. The molecule has 0 aliphatic rings. The third-order valence-electron chi connectivity index (χ3n) is 1.51. The summed E-state index contributed by atoms with van der Waals surface area (Å²) in [5.41, 5.74) is 1.40. The smallest absolute Gasteiger partial charge is 0.00357 e. The lowest BCUT2D eigenvalue weighted by Crippen LogP contribution is -1.87. The number of rotatable bonds is 4. The highest BCUT2D eigenvalue weighted by atomic mass is 32.2. The average molecular weight is 165 g/mol. The number of hydrogen-bond acceptors (Lipinski definition) is 1. The van der Waals surface area contributed by atoms with Gasteiger partial charge < -0.3 is 0 Å². The molecule has 0 atom stereocenters. The van der Waals surface area contributed by atoms with Gasteiger partial charge in [-0.1, -0.05) is 30.3 Å². The van der Waals surface area contributed by atoms with Crippen molar-refractivity contribution in [2.45, 2.75) is 6.42 Å². The van der Waals surface area contributed by atoms with E-state index in [4.69, 9.17) is 0 Å². The predicted octanol–water partition coefficient (Wildman–Crippen LogP) is 2.80. The van der Waals surface area contributed by atoms with Crippen LogP contribution in [0.15, 0.2) is 30.3 Å². The molecule has 1 heteroatoms. The van der Waals surface area contributed by atoms with Gasteiger partial charge in [0, 0.05) is 0 Å². The summed E-state index contributed by atoms with van der Waals surface area (Å²) in [5.74, 6) is 1.15. The molecule has 1 rings (SSSR count). The van der Waals surface area contributed by atoms with Gasteiger partial charge in [0.2, 0.25) is 0 Å². The molecule has 0 bridgehead atoms. The van der Waals surface area contributed by atoms with Crippen LogP contribution < -0.4 is 0 Å². The average Bonchev–Trinajstić information content (AvgIpc) is 2.07. The summed E-state index contributed by atoms with van der Waals surface area (Å²) in [6.07, 6.45) is 5.53. The van der Waals surface area contributed by atoms with E-state index in [2.05, 4.69) is 43.0 Å². The molecule has 0 unspecified atom stereocenters. The Labute approximate surface area is 73.0 Å². The first-order valence-corrected chi connectivity index (χ1v) is 5.17. The summed E-state index contributed by atoms with van der Waals surface area (Å²) >= 11 is 1.87. The third kappa shape index (κ3) is 3.47. The number of benzene rings is 1. The van der Waals surface area contributed by atoms with Gasteiger partial charge >= 0.3 is 0 Å². The molecule has 0 heterocycles. The number of thioether (sulfide) groups is 1. The predicted molar refractivity (Wildman–Crippen MR) is 52.8 cm³/mol. The van der Waals surface area contributed by atoms with E-state index in [0.717, 1.165) is 12.2 Å². The Morgan fingerprint density at radius 3 is 2.64 bits per heavy atom. The fourth-order valence-corrected chi connectivity index (χ4v) is 1.31. The van der Waals surface area contributed by atoms with Crippen LogP contribution in [0, 0.1) is 6.42 Å². The van der Waals surface area contributed by atoms with E-state index in [0.29, 0.717) is 0 Å². The second kappa shape index (κ2) is 5.25. The van der Waals surface area contributed by atoms with Gasteiger partial charge in [0.05, 0.1) is 0 Å². The van der Waals surface area contributed by atoms with Gasteiger partial charge in [0.25, 0.3) is 0 Å². The highest BCUT2D eigenvalue weighted by Crippen LogP contribution is 2.04. The maximum atomic E-state index is 2.31. The fourth-order valence-electron chi connectivity index (χ4n) is 0.958. The normalized spacial score (nSPS) is 9.91. The van der Waals surface area contributed by atoms with Crippen LogP contribution in [-0.4, -0.2) is 12.0 Å². The van der Waals surface area contributed by atoms with Crippen molar-refractivity contribution in [1.29, 1.82) is 0 Å². The van der Waals surface area contributed by atoms with Crippen LogP contribution in [0.1, 0.15) is 5.56 Å². The van der Waals surface area contributed by atoms with Crippen molar-refractivity contribution in [3.8, 4) is 0 Å². The van der Waals surface area contributed by atoms with Crippen LogP contribution in [0.25, 0.3) is 0 Å². The van der Waals surface area contributed by atoms with E-state index in [1.54, 1.807) is 0 Å². The van der Waals surface area contributed by atoms with E-state index >= 15 is 0 Å². The Kier molecular flexibility index (Phi) is 4.14. The second-order valence-corrected chi connectivity index (χ2v) is 3.34. The lowest BCUT2D eigenvalue weighted by molar-refractivity contribution is 1.15. The summed E-state index contributed by atoms with van der Waals surface area (Å²) in [6, 6.07) is 10.6. The van der Waals surface area contributed by atoms with Crippen LogP contribution >= 0.6 is 11.8 Å². The lowest BCUT2D eigenvalue weighted by atomic mass is 10.1. The molecule has 0 spiro atoms. The standard InChI is InChI=1S/C10H13S/c1-11-9-5-8-10-6-3-2-4-7-10/h2-7H,8-9H2,1H3. The third-order valence-corrected chi connectivity index (χ3v) is 2.08. The topological polar surface area (TPSA) is 0 Å². The van der Waals surface area contributed by atoms with Crippen molar-refractivity contribution in [1.82, 2.24) is 0 Å². The Bertz CT molecular complexity index is 181. The largest absolute Gasteiger partial charge is 0.165 e. The first-order chi connectivity index (χ1) is 5.43. The molecule has 0 saturated heterocycles. The van der Waals surface area contributed by atoms with Crippen LogP contribution in [0.4, 0.5) is 0 Å². The highest BCUT2D eigenvalue weighted by molar-refractivity contribution is 7.98. The Hall–Kier alpha value is -0.430. The minimum atomic E-state index is 1.10. The molecule has 0 aliphatic carbocycles. The molecule has 1 radical (unpaired) electrons. The minimum Gasteiger partial charge on any atom is -0.165 e. The van der Waals surface area contributed by atoms with Gasteiger partial charge in [-0.15, -0.1) is 0 Å². The van der Waals surface area contributed by atoms with Gasteiger partial charge in [-0.3, -0.25) is 0 Å². The van der Waals surface area contributed by atoms with Crippen molar-refractivity contribution in [2.24, 2.45) is 0 Å². The summed E-state index contributed by atoms with van der Waals surface area (Å²) in [5, 5.41) is 0. The Balaban J connectivity index is 2.28. The molecule has 0 saturated carbocycles. The zero-order valence-corrected chi connectivity index (χ0v) is 7.60. The lowest BCUT2D eigenvalue weighted by Gasteiger charge is -1.97. The van der Waals surface area contributed by atoms with Crippen molar-refractivity contribution < 1.29 is 0 Å². The zero-order valence-electron chi connectivity index (χ0n) is 6.79. The highest BCUT2D eigenvalue weighted by Gasteiger charge is 1.89. The number of hydrogen-bond donors (Lipinski definition) is 0. The van der Waals surface area contributed by atoms with Crippen molar-refractivity contribution in [3.63, 3.8) is 0 Å². The van der Waals surface area contributed by atoms with Gasteiger partial charge in [0.1, 0.15) is 0 Å². The summed E-state index contributed by atoms with van der Waals surface area (Å²) in [7, 11) is 0. The van der Waals surface area contributed by atoms with Crippen LogP contribution in [-0.2, 0) is 6.42 Å². The maximum Gasteiger partial charge on any atom is -0.00357 e. The zero-order chi connectivity index (χ0) is 7.94. The van der Waals surface area contributed by atoms with Crippen molar-refractivity contribution >= 4 is 11.8 Å². The molecule has 11 heavy (non-hydrogen) atoms. The second-order valence-electron chi connectivity index (χ2n) is 2.43. The molecule has 0 N–H and O–H groups in total. The first kappa shape index (κ1) is 8.66. The van der Waals surface area contributed by atoms with Crippen molar-refractivity contribution in [3.05, 3.63) is 42.3 Å². The molecule has 0 aromatic heterocycles. The molecular weight excluding hydrogens is 152 g/mol. The Morgan fingerprint density at radius 2 is 2.00 bits per heavy atom. The monoisotopic (exact) mass is 165 g/mol. The molecule has 0 nitrogen and oxygen atoms in total. The SMILES string of the molecule is CSC[CH]Cc1ccccc1. The van der Waals surface area contributed by atoms with Gasteiger partial charge in [-0.2, -0.15) is 11.8 Å². The molecule has 0 fully saturated rings. The van der Waals surface area contributed by atoms with Gasteiger partial charge in [0.15, 0.2) is 0 Å². The summed E-state index contributed by atoms with van der Waals surface area (Å²) < 4.78 is 0. The molecular formula is C10H13S. The van der Waals surface area contributed by atoms with E-state index in [9.17, 15) is 0 Å². The maximum absolute atomic E-state index is 2.31. The van der Waals surface area contributed by atoms with Crippen LogP contribution in [0.5, 0.6) is 0 Å². The van der Waals surface area contributed by atoms with Gasteiger partial charge in [-0.25, -0.2) is 0 Å². The molecule has 0 aliphatic heterocycles. The van der Waals surface area contributed by atoms with E-state index in [1.807, 2.05) is 11.8 Å². The fraction of sp³-hybridized carbons (Fsp3) is 0.300. The van der Waals surface area contributed by atoms with E-state index < -0.39 is 0 Å². The molecule has 1 aromatic carbocycles. The molecule has 59 valence electrons. The summed E-state index contributed by atoms with van der Waals surface area (Å²) in [6.45, 7) is 0. The van der Waals surface area contributed by atoms with Crippen LogP contribution in [0.3, 0.4) is 0 Å². The molecule has 0 amide bonds. The van der Waals surface area contributed by atoms with E-state index in [-0.39, 0.29) is 0 Å². The Morgan fingerprint density at radius 1 is 1.27 bits per heavy atom. The summed E-state index contributed by atoms with van der Waals surface area (Å²) in [4.78, 5) is 0. The molecule has 1 aromatic rings. The first-order valence-electron chi connectivity index (χ1n) is 3.78. The van der Waals surface area contributed by atoms with Crippen molar-refractivity contribution in [2.75, 3.05) is 12.0 Å². The van der Waals surface area contributed by atoms with Crippen LogP contribution in [0.2, 0.25) is 0 Å². The van der Waals surface area contributed by atoms with E-state index in [1.165, 1.54) is 5.56 Å².